The molecule has 0 unspecified atom stereocenters. The van der Waals surface area contributed by atoms with Gasteiger partial charge in [-0.2, -0.15) is 0 Å². The maximum atomic E-state index is 10.9. The van der Waals surface area contributed by atoms with Crippen molar-refractivity contribution in [3.05, 3.63) is 11.6 Å². The van der Waals surface area contributed by atoms with Crippen LogP contribution in [-0.4, -0.2) is 17.7 Å². The van der Waals surface area contributed by atoms with Gasteiger partial charge in [0, 0.05) is 13.1 Å². The fraction of sp³-hybridized carbons (Fsp3) is 0.600. The molecule has 2 N–H and O–H groups in total. The summed E-state index contributed by atoms with van der Waals surface area (Å²) >= 11 is 0. The van der Waals surface area contributed by atoms with Crippen LogP contribution in [0.4, 0.5) is 0 Å². The Morgan fingerprint density at radius 3 is 2.38 bits per heavy atom. The fourth-order valence-corrected chi connectivity index (χ4v) is 1.23. The molecule has 0 aromatic heterocycles. The van der Waals surface area contributed by atoms with Crippen LogP contribution >= 0.6 is 0 Å². The third kappa shape index (κ3) is 3.87. The van der Waals surface area contributed by atoms with Crippen LogP contribution in [0.1, 0.15) is 34.1 Å². The Morgan fingerprint density at radius 1 is 1.54 bits per heavy atom. The maximum Gasteiger partial charge on any atom is 0.217 e. The Balaban J connectivity index is 4.66. The van der Waals surface area contributed by atoms with Gasteiger partial charge in [0.05, 0.1) is 5.54 Å². The van der Waals surface area contributed by atoms with Crippen molar-refractivity contribution in [2.24, 2.45) is 0 Å². The zero-order valence-electron chi connectivity index (χ0n) is 8.77. The highest BCUT2D eigenvalue weighted by atomic mass is 16.1. The molecule has 0 aliphatic carbocycles. The fourth-order valence-electron chi connectivity index (χ4n) is 1.23. The highest BCUT2D eigenvalue weighted by Crippen LogP contribution is 2.14. The van der Waals surface area contributed by atoms with Crippen molar-refractivity contribution < 1.29 is 4.79 Å². The summed E-state index contributed by atoms with van der Waals surface area (Å²) in [5.74, 6) is -0.0751. The SMILES string of the molecule is CC/C=C(/C=N)C(C)(C)NC(C)=O. The Bertz CT molecular complexity index is 229. The van der Waals surface area contributed by atoms with Crippen LogP contribution < -0.4 is 5.32 Å². The molecule has 13 heavy (non-hydrogen) atoms. The van der Waals surface area contributed by atoms with Crippen LogP contribution in [-0.2, 0) is 4.79 Å². The smallest absolute Gasteiger partial charge is 0.217 e. The predicted octanol–water partition coefficient (Wildman–Crippen LogP) is 1.89. The second kappa shape index (κ2) is 4.80. The van der Waals surface area contributed by atoms with Crippen molar-refractivity contribution in [2.45, 2.75) is 39.7 Å². The molecule has 0 fully saturated rings. The molecule has 0 saturated heterocycles. The van der Waals surface area contributed by atoms with Crippen LogP contribution in [0.25, 0.3) is 0 Å². The van der Waals surface area contributed by atoms with E-state index in [0.717, 1.165) is 12.0 Å². The van der Waals surface area contributed by atoms with Gasteiger partial charge in [-0.25, -0.2) is 0 Å². The number of hydrogen-bond donors (Lipinski definition) is 2. The van der Waals surface area contributed by atoms with Crippen molar-refractivity contribution in [1.29, 1.82) is 5.41 Å². The van der Waals surface area contributed by atoms with E-state index >= 15 is 0 Å². The highest BCUT2D eigenvalue weighted by Gasteiger charge is 2.21. The van der Waals surface area contributed by atoms with E-state index in [-0.39, 0.29) is 5.91 Å². The van der Waals surface area contributed by atoms with Crippen molar-refractivity contribution >= 4 is 12.1 Å². The van der Waals surface area contributed by atoms with Crippen molar-refractivity contribution in [3.8, 4) is 0 Å². The molecule has 74 valence electrons. The Morgan fingerprint density at radius 2 is 2.08 bits per heavy atom. The van der Waals surface area contributed by atoms with Gasteiger partial charge >= 0.3 is 0 Å². The molecule has 0 heterocycles. The Labute approximate surface area is 79.7 Å². The molecular formula is C10H18N2O. The molecule has 1 amide bonds. The summed E-state index contributed by atoms with van der Waals surface area (Å²) in [4.78, 5) is 10.9. The molecule has 0 atom stereocenters. The van der Waals surface area contributed by atoms with Crippen LogP contribution in [0.3, 0.4) is 0 Å². The topological polar surface area (TPSA) is 53.0 Å². The van der Waals surface area contributed by atoms with Gasteiger partial charge in [0.2, 0.25) is 5.91 Å². The van der Waals surface area contributed by atoms with E-state index in [1.165, 1.54) is 13.1 Å². The van der Waals surface area contributed by atoms with Crippen molar-refractivity contribution in [3.63, 3.8) is 0 Å². The van der Waals surface area contributed by atoms with Crippen LogP contribution in [0, 0.1) is 5.41 Å². The van der Waals surface area contributed by atoms with Crippen LogP contribution in [0.15, 0.2) is 11.6 Å². The van der Waals surface area contributed by atoms with Crippen LogP contribution in [0.5, 0.6) is 0 Å². The molecule has 3 heteroatoms. The summed E-state index contributed by atoms with van der Waals surface area (Å²) in [6.07, 6.45) is 4.11. The molecule has 3 nitrogen and oxygen atoms in total. The normalized spacial score (nSPS) is 12.5. The molecule has 0 bridgehead atoms. The van der Waals surface area contributed by atoms with Gasteiger partial charge in [-0.05, 0) is 25.8 Å². The lowest BCUT2D eigenvalue weighted by molar-refractivity contribution is -0.120. The second-order valence-electron chi connectivity index (χ2n) is 3.52. The first-order chi connectivity index (χ1) is 5.94. The number of nitrogens with one attached hydrogen (secondary N) is 2. The summed E-state index contributed by atoms with van der Waals surface area (Å²) < 4.78 is 0. The van der Waals surface area contributed by atoms with Gasteiger partial charge in [0.1, 0.15) is 0 Å². The molecule has 0 aromatic carbocycles. The zero-order valence-corrected chi connectivity index (χ0v) is 8.77. The average molecular weight is 182 g/mol. The number of carbonyl (C=O) groups excluding carboxylic acids is 1. The summed E-state index contributed by atoms with van der Waals surface area (Å²) in [5, 5.41) is 10.0. The van der Waals surface area contributed by atoms with E-state index in [1.807, 2.05) is 26.8 Å². The predicted molar refractivity (Wildman–Crippen MR) is 55.1 cm³/mol. The van der Waals surface area contributed by atoms with Gasteiger partial charge < -0.3 is 10.7 Å². The van der Waals surface area contributed by atoms with E-state index in [1.54, 1.807) is 0 Å². The van der Waals surface area contributed by atoms with E-state index in [0.29, 0.717) is 0 Å². The van der Waals surface area contributed by atoms with Gasteiger partial charge in [-0.3, -0.25) is 4.79 Å². The molecule has 0 saturated carbocycles. The van der Waals surface area contributed by atoms with Gasteiger partial charge in [-0.1, -0.05) is 13.0 Å². The first kappa shape index (κ1) is 11.9. The second-order valence-corrected chi connectivity index (χ2v) is 3.52. The monoisotopic (exact) mass is 182 g/mol. The lowest BCUT2D eigenvalue weighted by atomic mass is 9.94. The summed E-state index contributed by atoms with van der Waals surface area (Å²) in [6.45, 7) is 7.27. The number of hydrogen-bond acceptors (Lipinski definition) is 2. The third-order valence-corrected chi connectivity index (χ3v) is 1.79. The number of amides is 1. The van der Waals surface area contributed by atoms with E-state index in [4.69, 9.17) is 5.41 Å². The molecule has 0 rings (SSSR count). The molecular weight excluding hydrogens is 164 g/mol. The number of allylic oxidation sites excluding steroid dienone is 1. The zero-order chi connectivity index (χ0) is 10.5. The van der Waals surface area contributed by atoms with Gasteiger partial charge in [0.25, 0.3) is 0 Å². The summed E-state index contributed by atoms with van der Waals surface area (Å²) in [7, 11) is 0. The maximum absolute atomic E-state index is 10.9. The van der Waals surface area contributed by atoms with E-state index < -0.39 is 5.54 Å². The molecule has 0 radical (unpaired) electrons. The molecule has 0 aliphatic rings. The molecule has 0 aromatic rings. The number of rotatable bonds is 4. The minimum Gasteiger partial charge on any atom is -0.347 e. The van der Waals surface area contributed by atoms with Gasteiger partial charge in [0.15, 0.2) is 0 Å². The largest absolute Gasteiger partial charge is 0.347 e. The first-order valence-electron chi connectivity index (χ1n) is 4.44. The van der Waals surface area contributed by atoms with Crippen LogP contribution in [0.2, 0.25) is 0 Å². The first-order valence-corrected chi connectivity index (χ1v) is 4.44. The van der Waals surface area contributed by atoms with Crippen molar-refractivity contribution in [1.82, 2.24) is 5.32 Å². The third-order valence-electron chi connectivity index (χ3n) is 1.79. The van der Waals surface area contributed by atoms with E-state index in [2.05, 4.69) is 5.32 Å². The van der Waals surface area contributed by atoms with E-state index in [9.17, 15) is 4.79 Å². The average Bonchev–Trinajstić information content (AvgIpc) is 1.97. The summed E-state index contributed by atoms with van der Waals surface area (Å²) in [6, 6.07) is 0. The Hall–Kier alpha value is -1.12. The summed E-state index contributed by atoms with van der Waals surface area (Å²) in [5.41, 5.74) is 0.397. The minimum atomic E-state index is -0.441. The lowest BCUT2D eigenvalue weighted by Gasteiger charge is -2.26. The highest BCUT2D eigenvalue weighted by molar-refractivity contribution is 5.82. The quantitative estimate of drug-likeness (QED) is 0.641. The standard InChI is InChI=1S/C10H18N2O/c1-5-6-9(7-11)10(3,4)12-8(2)13/h6-7,11H,5H2,1-4H3,(H,12,13)/b9-6-,11-7?. The van der Waals surface area contributed by atoms with Gasteiger partial charge in [-0.15, -0.1) is 0 Å². The number of carbonyl (C=O) groups is 1. The molecule has 0 aliphatic heterocycles. The molecule has 0 spiro atoms. The minimum absolute atomic E-state index is 0.0751. The lowest BCUT2D eigenvalue weighted by Crippen LogP contribution is -2.44. The Kier molecular flexibility index (Phi) is 4.38. The van der Waals surface area contributed by atoms with Crippen molar-refractivity contribution in [2.75, 3.05) is 0 Å².